The monoisotopic (exact) mass is 1000 g/mol. The molecule has 2 nitrogen and oxygen atoms in total. The zero-order valence-electron chi connectivity index (χ0n) is 43.1. The van der Waals surface area contributed by atoms with Crippen LogP contribution in [0.4, 0.5) is 0 Å². The number of benzene rings is 14. The molecule has 15 rings (SSSR count). The molecular weight excluding hydrogens is 953 g/mol. The number of fused-ring (bicyclic) bond motifs is 2. The van der Waals surface area contributed by atoms with Gasteiger partial charge in [0.05, 0.1) is 22.7 Å². The van der Waals surface area contributed by atoms with Crippen molar-refractivity contribution in [3.63, 3.8) is 0 Å². The largest absolute Gasteiger partial charge is 0.309 e. The summed E-state index contributed by atoms with van der Waals surface area (Å²) in [4.78, 5) is 0. The van der Waals surface area contributed by atoms with Crippen LogP contribution in [0.25, 0.3) is 149 Å². The van der Waals surface area contributed by atoms with Gasteiger partial charge in [0.2, 0.25) is 0 Å². The van der Waals surface area contributed by atoms with Gasteiger partial charge in [-0.15, -0.1) is 0 Å². The summed E-state index contributed by atoms with van der Waals surface area (Å²) in [6.45, 7) is 0. The highest BCUT2D eigenvalue weighted by molar-refractivity contribution is 6.26. The molecule has 366 valence electrons. The molecule has 0 spiro atoms. The fourth-order valence-electron chi connectivity index (χ4n) is 12.4. The number of nitriles is 1. The van der Waals surface area contributed by atoms with E-state index in [-0.39, 0.29) is 0 Å². The predicted molar refractivity (Wildman–Crippen MR) is 333 cm³/mol. The van der Waals surface area contributed by atoms with Crippen LogP contribution in [-0.4, -0.2) is 4.57 Å². The van der Waals surface area contributed by atoms with Gasteiger partial charge in [0.15, 0.2) is 0 Å². The Bertz CT molecular complexity index is 4720. The zero-order chi connectivity index (χ0) is 52.4. The number of nitrogens with zero attached hydrogens (tertiary/aromatic N) is 2. The number of para-hydroxylation sites is 1. The molecule has 79 heavy (non-hydrogen) atoms. The highest BCUT2D eigenvalue weighted by atomic mass is 15.0. The maximum absolute atomic E-state index is 10.1. The van der Waals surface area contributed by atoms with E-state index in [4.69, 9.17) is 0 Å². The van der Waals surface area contributed by atoms with E-state index in [1.165, 1.54) is 104 Å². The van der Waals surface area contributed by atoms with Gasteiger partial charge in [0, 0.05) is 16.5 Å². The lowest BCUT2D eigenvalue weighted by Crippen LogP contribution is -1.94. The fraction of sp³-hybridized carbons (Fsp3) is 0. The van der Waals surface area contributed by atoms with Crippen molar-refractivity contribution in [2.24, 2.45) is 0 Å². The average Bonchev–Trinajstić information content (AvgIpc) is 4.15. The minimum absolute atomic E-state index is 0.656. The first-order valence-corrected chi connectivity index (χ1v) is 27.0. The number of hydrogen-bond donors (Lipinski definition) is 0. The standard InChI is InChI=1S/C77H48N2/c78-49-50-38-58-34-35-59-40-64(48-73-77(59)76(58)72(39-50)79(73)67-26-14-5-15-27-67)56-32-30-55(31-33-56)57-36-37-70-71(47-57)75(66-45-62(53-22-10-3-11-23-53)42-63(46-66)54-24-12-4-13-25-54)69-29-17-16-28-68(69)74(70)65-43-60(51-18-6-1-7-19-51)41-61(44-65)52-20-8-2-9-21-52/h1-48H. The summed E-state index contributed by atoms with van der Waals surface area (Å²) >= 11 is 0. The Balaban J connectivity index is 0.953. The van der Waals surface area contributed by atoms with Crippen LogP contribution in [0.1, 0.15) is 5.56 Å². The SMILES string of the molecule is N#Cc1cc2ccc3cc(-c4ccc(-c5ccc6c(-c7cc(-c8ccccc8)cc(-c8ccccc8)c7)c7ccccc7c(-c7cc(-c8ccccc8)cc(-c8ccccc8)c7)c6c5)cc4)cc4c3c2c(c1)n4-c1ccccc1. The number of aromatic nitrogens is 1. The fourth-order valence-corrected chi connectivity index (χ4v) is 12.4. The van der Waals surface area contributed by atoms with Crippen LogP contribution in [0.2, 0.25) is 0 Å². The lowest BCUT2D eigenvalue weighted by Gasteiger charge is -2.21. The van der Waals surface area contributed by atoms with Crippen molar-refractivity contribution < 1.29 is 0 Å². The van der Waals surface area contributed by atoms with Gasteiger partial charge in [0.25, 0.3) is 0 Å². The molecular formula is C77H48N2. The molecule has 0 aliphatic heterocycles. The lowest BCUT2D eigenvalue weighted by molar-refractivity contribution is 1.18. The van der Waals surface area contributed by atoms with Crippen LogP contribution >= 0.6 is 0 Å². The van der Waals surface area contributed by atoms with E-state index in [1.54, 1.807) is 0 Å². The maximum Gasteiger partial charge on any atom is 0.0992 e. The van der Waals surface area contributed by atoms with Crippen molar-refractivity contribution >= 4 is 54.1 Å². The van der Waals surface area contributed by atoms with E-state index < -0.39 is 0 Å². The summed E-state index contributed by atoms with van der Waals surface area (Å²) in [5.41, 5.74) is 22.6. The van der Waals surface area contributed by atoms with Crippen LogP contribution in [0.15, 0.2) is 291 Å². The average molecular weight is 1000 g/mol. The lowest BCUT2D eigenvalue weighted by atomic mass is 9.82. The molecule has 0 radical (unpaired) electrons. The summed E-state index contributed by atoms with van der Waals surface area (Å²) in [6, 6.07) is 109. The van der Waals surface area contributed by atoms with Crippen LogP contribution in [-0.2, 0) is 0 Å². The zero-order valence-corrected chi connectivity index (χ0v) is 43.1. The van der Waals surface area contributed by atoms with Gasteiger partial charge in [-0.25, -0.2) is 0 Å². The van der Waals surface area contributed by atoms with Gasteiger partial charge in [0.1, 0.15) is 0 Å². The summed E-state index contributed by atoms with van der Waals surface area (Å²) in [5.74, 6) is 0. The molecule has 0 bridgehead atoms. The molecule has 0 fully saturated rings. The Morgan fingerprint density at radius 2 is 0.595 bits per heavy atom. The van der Waals surface area contributed by atoms with Crippen LogP contribution in [0, 0.1) is 11.3 Å². The molecule has 1 aromatic heterocycles. The van der Waals surface area contributed by atoms with Crippen molar-refractivity contribution in [2.45, 2.75) is 0 Å². The highest BCUT2D eigenvalue weighted by Gasteiger charge is 2.22. The quantitative estimate of drug-likeness (QED) is 0.105. The van der Waals surface area contributed by atoms with Gasteiger partial charge in [-0.2, -0.15) is 5.26 Å². The maximum atomic E-state index is 10.1. The minimum atomic E-state index is 0.656. The van der Waals surface area contributed by atoms with Gasteiger partial charge in [-0.05, 0) is 200 Å². The highest BCUT2D eigenvalue weighted by Crippen LogP contribution is 2.48. The van der Waals surface area contributed by atoms with Crippen molar-refractivity contribution in [3.8, 4) is 101 Å². The minimum Gasteiger partial charge on any atom is -0.309 e. The smallest absolute Gasteiger partial charge is 0.0992 e. The van der Waals surface area contributed by atoms with Gasteiger partial charge in [-0.1, -0.05) is 212 Å². The second-order valence-corrected chi connectivity index (χ2v) is 20.7. The molecule has 0 aliphatic carbocycles. The molecule has 0 saturated carbocycles. The van der Waals surface area contributed by atoms with Crippen molar-refractivity contribution in [1.29, 1.82) is 5.26 Å². The Kier molecular flexibility index (Phi) is 11.0. The molecule has 0 N–H and O–H groups in total. The number of rotatable bonds is 9. The summed E-state index contributed by atoms with van der Waals surface area (Å²) in [6.07, 6.45) is 0. The molecule has 14 aromatic carbocycles. The van der Waals surface area contributed by atoms with Crippen molar-refractivity contribution in [1.82, 2.24) is 4.57 Å². The second kappa shape index (κ2) is 18.9. The third-order valence-electron chi connectivity index (χ3n) is 16.1. The van der Waals surface area contributed by atoms with Crippen molar-refractivity contribution in [3.05, 3.63) is 297 Å². The third-order valence-corrected chi connectivity index (χ3v) is 16.1. The van der Waals surface area contributed by atoms with E-state index in [0.717, 1.165) is 44.4 Å². The topological polar surface area (TPSA) is 28.7 Å². The molecule has 0 unspecified atom stereocenters. The van der Waals surface area contributed by atoms with Crippen LogP contribution in [0.5, 0.6) is 0 Å². The first-order valence-electron chi connectivity index (χ1n) is 27.0. The van der Waals surface area contributed by atoms with E-state index >= 15 is 0 Å². The van der Waals surface area contributed by atoms with Gasteiger partial charge < -0.3 is 4.57 Å². The van der Waals surface area contributed by atoms with Gasteiger partial charge >= 0.3 is 0 Å². The van der Waals surface area contributed by atoms with Crippen LogP contribution in [0.3, 0.4) is 0 Å². The second-order valence-electron chi connectivity index (χ2n) is 20.7. The Morgan fingerprint density at radius 1 is 0.241 bits per heavy atom. The van der Waals surface area contributed by atoms with Crippen molar-refractivity contribution in [2.75, 3.05) is 0 Å². The Labute approximate surface area is 459 Å². The van der Waals surface area contributed by atoms with E-state index in [0.29, 0.717) is 5.56 Å². The predicted octanol–water partition coefficient (Wildman–Crippen LogP) is 20.9. The van der Waals surface area contributed by atoms with Crippen LogP contribution < -0.4 is 0 Å². The first kappa shape index (κ1) is 45.8. The molecule has 0 aliphatic rings. The molecule has 1 heterocycles. The first-order chi connectivity index (χ1) is 39.1. The summed E-state index contributed by atoms with van der Waals surface area (Å²) in [5, 5.41) is 19.5. The summed E-state index contributed by atoms with van der Waals surface area (Å²) < 4.78 is 2.33. The molecule has 2 heteroatoms. The molecule has 15 aromatic rings. The third kappa shape index (κ3) is 7.95. The molecule has 0 saturated heterocycles. The molecule has 0 amide bonds. The molecule has 0 atom stereocenters. The van der Waals surface area contributed by atoms with E-state index in [9.17, 15) is 5.26 Å². The van der Waals surface area contributed by atoms with E-state index in [1.807, 2.05) is 12.1 Å². The Hall–Kier alpha value is -10.6. The summed E-state index contributed by atoms with van der Waals surface area (Å²) in [7, 11) is 0. The Morgan fingerprint density at radius 3 is 1.08 bits per heavy atom. The normalized spacial score (nSPS) is 11.5. The van der Waals surface area contributed by atoms with Gasteiger partial charge in [-0.3, -0.25) is 0 Å². The number of hydrogen-bond acceptors (Lipinski definition) is 1. The van der Waals surface area contributed by atoms with E-state index in [2.05, 4.69) is 290 Å².